The van der Waals surface area contributed by atoms with Gasteiger partial charge in [0.2, 0.25) is 15.9 Å². The summed E-state index contributed by atoms with van der Waals surface area (Å²) in [5.41, 5.74) is -1.84. The number of alkyl halides is 3. The minimum atomic E-state index is -4.93. The van der Waals surface area contributed by atoms with E-state index in [4.69, 9.17) is 11.6 Å². The zero-order valence-electron chi connectivity index (χ0n) is 14.4. The highest BCUT2D eigenvalue weighted by Crippen LogP contribution is 2.33. The number of benzene rings is 2. The second kappa shape index (κ2) is 8.46. The van der Waals surface area contributed by atoms with Crippen molar-refractivity contribution in [2.45, 2.75) is 18.0 Å². The Labute approximate surface area is 164 Å². The van der Waals surface area contributed by atoms with Crippen molar-refractivity contribution in [3.8, 4) is 0 Å². The molecule has 2 aromatic rings. The molecule has 0 aromatic heterocycles. The zero-order valence-corrected chi connectivity index (χ0v) is 16.0. The predicted molar refractivity (Wildman–Crippen MR) is 95.9 cm³/mol. The average Bonchev–Trinajstić information content (AvgIpc) is 2.60. The SMILES string of the molecule is CCN(CC(=O)Nc1ccc(F)c(C(F)(F)F)c1)S(=O)(=O)c1ccc(Cl)cc1. The summed E-state index contributed by atoms with van der Waals surface area (Å²) < 4.78 is 77.6. The van der Waals surface area contributed by atoms with Crippen LogP contribution in [-0.4, -0.2) is 31.7 Å². The van der Waals surface area contributed by atoms with E-state index in [9.17, 15) is 30.8 Å². The van der Waals surface area contributed by atoms with Crippen molar-refractivity contribution >= 4 is 33.2 Å². The number of nitrogens with one attached hydrogen (secondary N) is 1. The summed E-state index contributed by atoms with van der Waals surface area (Å²) in [6, 6.07) is 7.25. The Bertz CT molecular complexity index is 963. The van der Waals surface area contributed by atoms with Crippen LogP contribution in [0.1, 0.15) is 12.5 Å². The Hall–Kier alpha value is -2.17. The third-order valence-electron chi connectivity index (χ3n) is 3.68. The standard InChI is InChI=1S/C17H15ClF4N2O3S/c1-2-24(28(26,27)13-6-3-11(18)4-7-13)10-16(25)23-12-5-8-15(19)14(9-12)17(20,21)22/h3-9H,2,10H2,1H3,(H,23,25). The van der Waals surface area contributed by atoms with E-state index in [1.807, 2.05) is 0 Å². The Morgan fingerprint density at radius 2 is 1.75 bits per heavy atom. The molecule has 152 valence electrons. The van der Waals surface area contributed by atoms with Gasteiger partial charge in [0.05, 0.1) is 17.0 Å². The smallest absolute Gasteiger partial charge is 0.325 e. The maximum atomic E-state index is 13.3. The number of halogens is 5. The van der Waals surface area contributed by atoms with Crippen LogP contribution < -0.4 is 5.32 Å². The highest BCUT2D eigenvalue weighted by Gasteiger charge is 2.34. The van der Waals surface area contributed by atoms with Crippen molar-refractivity contribution in [2.24, 2.45) is 0 Å². The lowest BCUT2D eigenvalue weighted by Gasteiger charge is -2.20. The first-order chi connectivity index (χ1) is 12.9. The number of hydrogen-bond acceptors (Lipinski definition) is 3. The van der Waals surface area contributed by atoms with Gasteiger partial charge in [-0.25, -0.2) is 12.8 Å². The normalized spacial score (nSPS) is 12.2. The molecular weight excluding hydrogens is 424 g/mol. The minimum absolute atomic E-state index is 0.0599. The van der Waals surface area contributed by atoms with Gasteiger partial charge in [-0.1, -0.05) is 18.5 Å². The van der Waals surface area contributed by atoms with Crippen LogP contribution in [0.25, 0.3) is 0 Å². The summed E-state index contributed by atoms with van der Waals surface area (Å²) in [4.78, 5) is 12.1. The molecule has 0 fully saturated rings. The van der Waals surface area contributed by atoms with Crippen LogP contribution in [0.2, 0.25) is 5.02 Å². The number of sulfonamides is 1. The zero-order chi connectivity index (χ0) is 21.1. The molecule has 1 N–H and O–H groups in total. The molecule has 0 saturated carbocycles. The van der Waals surface area contributed by atoms with Gasteiger partial charge in [0.25, 0.3) is 0 Å². The van der Waals surface area contributed by atoms with Gasteiger partial charge < -0.3 is 5.32 Å². The quantitative estimate of drug-likeness (QED) is 0.689. The molecule has 0 saturated heterocycles. The van der Waals surface area contributed by atoms with Crippen molar-refractivity contribution in [3.63, 3.8) is 0 Å². The molecule has 0 aliphatic carbocycles. The van der Waals surface area contributed by atoms with Gasteiger partial charge in [-0.3, -0.25) is 4.79 Å². The first-order valence-corrected chi connectivity index (χ1v) is 9.69. The Kier molecular flexibility index (Phi) is 6.68. The molecule has 0 aliphatic heterocycles. The number of carbonyl (C=O) groups excluding carboxylic acids is 1. The minimum Gasteiger partial charge on any atom is -0.325 e. The summed E-state index contributed by atoms with van der Waals surface area (Å²) in [5, 5.41) is 2.48. The highest BCUT2D eigenvalue weighted by atomic mass is 35.5. The Balaban J connectivity index is 2.18. The van der Waals surface area contributed by atoms with Gasteiger partial charge in [0, 0.05) is 17.3 Å². The fourth-order valence-electron chi connectivity index (χ4n) is 2.30. The van der Waals surface area contributed by atoms with E-state index in [1.54, 1.807) is 0 Å². The molecule has 0 bridgehead atoms. The molecular formula is C17H15ClF4N2O3S. The molecule has 0 aliphatic rings. The first-order valence-electron chi connectivity index (χ1n) is 7.87. The molecule has 0 radical (unpaired) electrons. The molecule has 5 nitrogen and oxygen atoms in total. The number of amides is 1. The third kappa shape index (κ3) is 5.21. The van der Waals surface area contributed by atoms with Crippen LogP contribution in [0.4, 0.5) is 23.2 Å². The molecule has 2 rings (SSSR count). The third-order valence-corrected chi connectivity index (χ3v) is 5.87. The van der Waals surface area contributed by atoms with Crippen molar-refractivity contribution in [1.29, 1.82) is 0 Å². The number of nitrogens with zero attached hydrogens (tertiary/aromatic N) is 1. The van der Waals surface area contributed by atoms with E-state index in [0.717, 1.165) is 10.4 Å². The summed E-state index contributed by atoms with van der Waals surface area (Å²) in [6.45, 7) is 0.802. The van der Waals surface area contributed by atoms with E-state index >= 15 is 0 Å². The van der Waals surface area contributed by atoms with Crippen LogP contribution in [0.15, 0.2) is 47.4 Å². The van der Waals surface area contributed by atoms with Crippen molar-refractivity contribution in [2.75, 3.05) is 18.4 Å². The molecule has 0 spiro atoms. The molecule has 1 amide bonds. The summed E-state index contributed by atoms with van der Waals surface area (Å²) in [7, 11) is -4.02. The van der Waals surface area contributed by atoms with E-state index in [1.165, 1.54) is 31.2 Å². The molecule has 0 heterocycles. The van der Waals surface area contributed by atoms with Crippen LogP contribution >= 0.6 is 11.6 Å². The lowest BCUT2D eigenvalue weighted by atomic mass is 10.2. The van der Waals surface area contributed by atoms with Gasteiger partial charge in [0.15, 0.2) is 0 Å². The summed E-state index contributed by atoms with van der Waals surface area (Å²) in [5.74, 6) is -2.36. The summed E-state index contributed by atoms with van der Waals surface area (Å²) in [6.07, 6.45) is -4.93. The molecule has 0 atom stereocenters. The van der Waals surface area contributed by atoms with Gasteiger partial charge in [0.1, 0.15) is 5.82 Å². The van der Waals surface area contributed by atoms with E-state index in [0.29, 0.717) is 17.2 Å². The lowest BCUT2D eigenvalue weighted by molar-refractivity contribution is -0.140. The van der Waals surface area contributed by atoms with Crippen LogP contribution in [0, 0.1) is 5.82 Å². The van der Waals surface area contributed by atoms with Crippen LogP contribution in [-0.2, 0) is 21.0 Å². The fourth-order valence-corrected chi connectivity index (χ4v) is 3.83. The van der Waals surface area contributed by atoms with Gasteiger partial charge >= 0.3 is 6.18 Å². The second-order valence-electron chi connectivity index (χ2n) is 5.63. The van der Waals surface area contributed by atoms with Crippen LogP contribution in [0.3, 0.4) is 0 Å². The average molecular weight is 439 g/mol. The van der Waals surface area contributed by atoms with E-state index in [2.05, 4.69) is 5.32 Å². The predicted octanol–water partition coefficient (Wildman–Crippen LogP) is 4.15. The molecule has 0 unspecified atom stereocenters. The molecule has 2 aromatic carbocycles. The largest absolute Gasteiger partial charge is 0.419 e. The van der Waals surface area contributed by atoms with Crippen molar-refractivity contribution in [3.05, 3.63) is 58.9 Å². The fraction of sp³-hybridized carbons (Fsp3) is 0.235. The van der Waals surface area contributed by atoms with Crippen LogP contribution in [0.5, 0.6) is 0 Å². The van der Waals surface area contributed by atoms with E-state index < -0.39 is 40.0 Å². The summed E-state index contributed by atoms with van der Waals surface area (Å²) >= 11 is 5.73. The van der Waals surface area contributed by atoms with Crippen molar-refractivity contribution < 1.29 is 30.8 Å². The maximum absolute atomic E-state index is 13.3. The second-order valence-corrected chi connectivity index (χ2v) is 8.00. The van der Waals surface area contributed by atoms with Gasteiger partial charge in [-0.2, -0.15) is 17.5 Å². The Morgan fingerprint density at radius 3 is 2.29 bits per heavy atom. The highest BCUT2D eigenvalue weighted by molar-refractivity contribution is 7.89. The molecule has 11 heteroatoms. The topological polar surface area (TPSA) is 66.5 Å². The van der Waals surface area contributed by atoms with Crippen molar-refractivity contribution in [1.82, 2.24) is 4.31 Å². The van der Waals surface area contributed by atoms with Gasteiger partial charge in [-0.15, -0.1) is 0 Å². The monoisotopic (exact) mass is 438 g/mol. The number of carbonyl (C=O) groups is 1. The number of likely N-dealkylation sites (N-methyl/N-ethyl adjacent to an activating group) is 1. The number of rotatable bonds is 6. The lowest BCUT2D eigenvalue weighted by Crippen LogP contribution is -2.37. The van der Waals surface area contributed by atoms with Gasteiger partial charge in [-0.05, 0) is 42.5 Å². The first kappa shape index (κ1) is 22.1. The Morgan fingerprint density at radius 1 is 1.14 bits per heavy atom. The molecule has 28 heavy (non-hydrogen) atoms. The number of hydrogen-bond donors (Lipinski definition) is 1. The number of anilines is 1. The van der Waals surface area contributed by atoms with E-state index in [-0.39, 0.29) is 17.1 Å². The maximum Gasteiger partial charge on any atom is 0.419 e.